The Kier molecular flexibility index (Phi) is 3.85. The van der Waals surface area contributed by atoms with Gasteiger partial charge in [0.05, 0.1) is 0 Å². The number of nitrogens with one attached hydrogen (secondary N) is 2. The summed E-state index contributed by atoms with van der Waals surface area (Å²) in [4.78, 5) is 18.6. The maximum Gasteiger partial charge on any atom is 0.251 e. The van der Waals surface area contributed by atoms with Gasteiger partial charge in [-0.1, -0.05) is 6.07 Å². The van der Waals surface area contributed by atoms with E-state index in [0.29, 0.717) is 11.5 Å². The zero-order chi connectivity index (χ0) is 16.4. The van der Waals surface area contributed by atoms with Crippen molar-refractivity contribution in [2.24, 2.45) is 0 Å². The van der Waals surface area contributed by atoms with Gasteiger partial charge in [0.15, 0.2) is 0 Å². The van der Waals surface area contributed by atoms with Crippen LogP contribution in [0.25, 0.3) is 11.4 Å². The van der Waals surface area contributed by atoms with Crippen molar-refractivity contribution < 1.29 is 5.11 Å². The number of hydrogen-bond acceptors (Lipinski definition) is 4. The summed E-state index contributed by atoms with van der Waals surface area (Å²) in [6.45, 7) is 3.64. The van der Waals surface area contributed by atoms with E-state index in [0.717, 1.165) is 22.5 Å². The van der Waals surface area contributed by atoms with Gasteiger partial charge < -0.3 is 15.4 Å². The van der Waals surface area contributed by atoms with E-state index in [-0.39, 0.29) is 11.3 Å². The largest absolute Gasteiger partial charge is 0.508 e. The van der Waals surface area contributed by atoms with Crippen molar-refractivity contribution in [2.45, 2.75) is 13.8 Å². The predicted octanol–water partition coefficient (Wildman–Crippen LogP) is 3.50. The number of phenolic OH excluding ortho intramolecular Hbond substituents is 1. The number of benzene rings is 2. The van der Waals surface area contributed by atoms with Gasteiger partial charge in [0.25, 0.3) is 5.56 Å². The van der Waals surface area contributed by atoms with Crippen LogP contribution in [0, 0.1) is 13.8 Å². The molecule has 0 aliphatic heterocycles. The van der Waals surface area contributed by atoms with Gasteiger partial charge in [0.1, 0.15) is 11.6 Å². The fraction of sp³-hybridized carbons (Fsp3) is 0.111. The van der Waals surface area contributed by atoms with Crippen LogP contribution < -0.4 is 10.9 Å². The molecule has 0 saturated heterocycles. The first-order valence-electron chi connectivity index (χ1n) is 7.26. The third-order valence-electron chi connectivity index (χ3n) is 3.53. The predicted molar refractivity (Wildman–Crippen MR) is 91.2 cm³/mol. The highest BCUT2D eigenvalue weighted by molar-refractivity contribution is 5.65. The van der Waals surface area contributed by atoms with Gasteiger partial charge in [0.2, 0.25) is 0 Å². The van der Waals surface area contributed by atoms with E-state index in [9.17, 15) is 9.90 Å². The number of anilines is 2. The number of H-pyrrole nitrogens is 1. The van der Waals surface area contributed by atoms with E-state index in [2.05, 4.69) is 15.3 Å². The Bertz CT molecular complexity index is 899. The average molecular weight is 307 g/mol. The maximum atomic E-state index is 11.5. The Labute approximate surface area is 133 Å². The molecule has 2 aromatic carbocycles. The molecule has 5 nitrogen and oxygen atoms in total. The lowest BCUT2D eigenvalue weighted by atomic mass is 10.1. The Hall–Kier alpha value is -3.08. The van der Waals surface area contributed by atoms with Gasteiger partial charge in [-0.15, -0.1) is 0 Å². The Morgan fingerprint density at radius 2 is 1.70 bits per heavy atom. The first-order chi connectivity index (χ1) is 11.0. The molecule has 0 saturated carbocycles. The second-order valence-electron chi connectivity index (χ2n) is 5.44. The number of nitrogens with zero attached hydrogens (tertiary/aromatic N) is 1. The lowest BCUT2D eigenvalue weighted by molar-refractivity contribution is 0.471. The number of rotatable bonds is 3. The first-order valence-corrected chi connectivity index (χ1v) is 7.26. The molecule has 0 atom stereocenters. The summed E-state index contributed by atoms with van der Waals surface area (Å²) >= 11 is 0. The summed E-state index contributed by atoms with van der Waals surface area (Å²) in [5, 5.41) is 13.0. The van der Waals surface area contributed by atoms with Crippen LogP contribution in [0.2, 0.25) is 0 Å². The van der Waals surface area contributed by atoms with Gasteiger partial charge in [0, 0.05) is 34.8 Å². The molecule has 3 rings (SSSR count). The molecule has 0 amide bonds. The number of phenols is 1. The summed E-state index contributed by atoms with van der Waals surface area (Å²) in [7, 11) is 0. The number of aromatic hydroxyl groups is 1. The molecular weight excluding hydrogens is 290 g/mol. The Balaban J connectivity index is 1.84. The molecule has 0 unspecified atom stereocenters. The zero-order valence-electron chi connectivity index (χ0n) is 12.9. The Morgan fingerprint density at radius 1 is 1.00 bits per heavy atom. The molecule has 3 aromatic rings. The van der Waals surface area contributed by atoms with Crippen molar-refractivity contribution in [3.05, 3.63) is 70.1 Å². The van der Waals surface area contributed by atoms with Crippen molar-refractivity contribution in [1.82, 2.24) is 9.97 Å². The first kappa shape index (κ1) is 14.8. The van der Waals surface area contributed by atoms with Crippen LogP contribution >= 0.6 is 0 Å². The van der Waals surface area contributed by atoms with E-state index in [1.165, 1.54) is 6.07 Å². The summed E-state index contributed by atoms with van der Waals surface area (Å²) in [6.07, 6.45) is 0. The van der Waals surface area contributed by atoms with Crippen LogP contribution in [0.3, 0.4) is 0 Å². The highest BCUT2D eigenvalue weighted by atomic mass is 16.3. The molecule has 1 aromatic heterocycles. The third kappa shape index (κ3) is 3.40. The van der Waals surface area contributed by atoms with Crippen molar-refractivity contribution >= 4 is 11.4 Å². The molecule has 0 aliphatic carbocycles. The third-order valence-corrected chi connectivity index (χ3v) is 3.53. The fourth-order valence-electron chi connectivity index (χ4n) is 2.28. The normalized spacial score (nSPS) is 10.5. The number of hydrogen-bond donors (Lipinski definition) is 3. The quantitative estimate of drug-likeness (QED) is 0.692. The summed E-state index contributed by atoms with van der Waals surface area (Å²) in [5.74, 6) is 0.808. The van der Waals surface area contributed by atoms with Crippen molar-refractivity contribution in [1.29, 1.82) is 0 Å². The summed E-state index contributed by atoms with van der Waals surface area (Å²) in [5.41, 5.74) is 3.88. The standard InChI is InChI=1S/C18H17N3O2/c1-11-3-6-15(10-16(11)22)20-14-7-4-13(5-8-14)18-19-12(2)9-17(23)21-18/h3-10,20,22H,1-2H3,(H,19,21,23). The number of aryl methyl sites for hydroxylation is 2. The molecular formula is C18H17N3O2. The SMILES string of the molecule is Cc1cc(=O)[nH]c(-c2ccc(Nc3ccc(C)c(O)c3)cc2)n1. The molecule has 3 N–H and O–H groups in total. The monoisotopic (exact) mass is 307 g/mol. The van der Waals surface area contributed by atoms with Crippen molar-refractivity contribution in [2.75, 3.05) is 5.32 Å². The lowest BCUT2D eigenvalue weighted by Crippen LogP contribution is -2.08. The van der Waals surface area contributed by atoms with E-state index in [4.69, 9.17) is 0 Å². The number of aromatic amines is 1. The zero-order valence-corrected chi connectivity index (χ0v) is 12.9. The van der Waals surface area contributed by atoms with Crippen LogP contribution in [-0.2, 0) is 0 Å². The minimum Gasteiger partial charge on any atom is -0.508 e. The van der Waals surface area contributed by atoms with E-state index in [1.807, 2.05) is 43.3 Å². The van der Waals surface area contributed by atoms with Crippen molar-refractivity contribution in [3.63, 3.8) is 0 Å². The Morgan fingerprint density at radius 3 is 2.35 bits per heavy atom. The minimum absolute atomic E-state index is 0.162. The van der Waals surface area contributed by atoms with Gasteiger partial charge >= 0.3 is 0 Å². The average Bonchev–Trinajstić information content (AvgIpc) is 2.51. The molecule has 0 fully saturated rings. The smallest absolute Gasteiger partial charge is 0.251 e. The van der Waals surface area contributed by atoms with Crippen LogP contribution in [-0.4, -0.2) is 15.1 Å². The van der Waals surface area contributed by atoms with Gasteiger partial charge in [-0.3, -0.25) is 4.79 Å². The van der Waals surface area contributed by atoms with Crippen LogP contribution in [0.5, 0.6) is 5.75 Å². The van der Waals surface area contributed by atoms with E-state index >= 15 is 0 Å². The molecule has 5 heteroatoms. The van der Waals surface area contributed by atoms with Gasteiger partial charge in [-0.05, 0) is 49.7 Å². The molecule has 0 radical (unpaired) electrons. The fourth-order valence-corrected chi connectivity index (χ4v) is 2.28. The molecule has 23 heavy (non-hydrogen) atoms. The van der Waals surface area contributed by atoms with Crippen molar-refractivity contribution in [3.8, 4) is 17.1 Å². The molecule has 1 heterocycles. The highest BCUT2D eigenvalue weighted by Gasteiger charge is 2.03. The molecule has 0 spiro atoms. The van der Waals surface area contributed by atoms with Crippen LogP contribution in [0.15, 0.2) is 53.3 Å². The number of aromatic nitrogens is 2. The molecule has 116 valence electrons. The van der Waals surface area contributed by atoms with Crippen LogP contribution in [0.4, 0.5) is 11.4 Å². The summed E-state index contributed by atoms with van der Waals surface area (Å²) in [6, 6.07) is 14.5. The van der Waals surface area contributed by atoms with E-state index in [1.54, 1.807) is 13.0 Å². The van der Waals surface area contributed by atoms with Gasteiger partial charge in [-0.2, -0.15) is 0 Å². The van der Waals surface area contributed by atoms with Crippen LogP contribution in [0.1, 0.15) is 11.3 Å². The highest BCUT2D eigenvalue weighted by Crippen LogP contribution is 2.25. The van der Waals surface area contributed by atoms with E-state index < -0.39 is 0 Å². The minimum atomic E-state index is -0.162. The maximum absolute atomic E-state index is 11.5. The van der Waals surface area contributed by atoms with Gasteiger partial charge in [-0.25, -0.2) is 4.98 Å². The molecule has 0 bridgehead atoms. The summed E-state index contributed by atoms with van der Waals surface area (Å²) < 4.78 is 0. The molecule has 0 aliphatic rings. The lowest BCUT2D eigenvalue weighted by Gasteiger charge is -2.09. The topological polar surface area (TPSA) is 78.0 Å². The second-order valence-corrected chi connectivity index (χ2v) is 5.44. The second kappa shape index (κ2) is 5.96.